The van der Waals surface area contributed by atoms with Gasteiger partial charge in [-0.3, -0.25) is 14.5 Å². The molecular formula is C24H21N3O4S2. The van der Waals surface area contributed by atoms with Gasteiger partial charge < -0.3 is 10.1 Å². The highest BCUT2D eigenvalue weighted by atomic mass is 32.2. The highest BCUT2D eigenvalue weighted by Gasteiger charge is 2.53. The van der Waals surface area contributed by atoms with Crippen LogP contribution >= 0.6 is 23.5 Å². The maximum atomic E-state index is 13.2. The molecule has 4 rings (SSSR count). The lowest BCUT2D eigenvalue weighted by atomic mass is 10.0. The van der Waals surface area contributed by atoms with E-state index in [4.69, 9.17) is 10.00 Å². The summed E-state index contributed by atoms with van der Waals surface area (Å²) in [5, 5.41) is 10.9. The fraction of sp³-hybridized carbons (Fsp3) is 0.250. The van der Waals surface area contributed by atoms with E-state index < -0.39 is 18.1 Å². The van der Waals surface area contributed by atoms with E-state index in [1.54, 1.807) is 6.08 Å². The Hall–Kier alpha value is -3.22. The van der Waals surface area contributed by atoms with Crippen molar-refractivity contribution in [2.24, 2.45) is 0 Å². The number of esters is 1. The molecule has 33 heavy (non-hydrogen) atoms. The van der Waals surface area contributed by atoms with Crippen LogP contribution in [0.15, 0.2) is 72.4 Å². The van der Waals surface area contributed by atoms with Gasteiger partial charge in [-0.25, -0.2) is 4.79 Å². The number of rotatable bonds is 8. The van der Waals surface area contributed by atoms with Crippen LogP contribution in [-0.2, 0) is 19.1 Å². The second-order valence-corrected chi connectivity index (χ2v) is 9.46. The van der Waals surface area contributed by atoms with Crippen LogP contribution in [0.5, 0.6) is 0 Å². The number of amides is 2. The molecule has 0 radical (unpaired) electrons. The number of nitrogens with one attached hydrogen (secondary N) is 1. The van der Waals surface area contributed by atoms with E-state index in [1.807, 2.05) is 66.7 Å². The molecule has 2 aromatic carbocycles. The fourth-order valence-electron chi connectivity index (χ4n) is 3.69. The van der Waals surface area contributed by atoms with Gasteiger partial charge in [-0.1, -0.05) is 60.7 Å². The molecule has 7 nitrogen and oxygen atoms in total. The molecule has 9 heteroatoms. The molecule has 1 unspecified atom stereocenters. The van der Waals surface area contributed by atoms with Crippen molar-refractivity contribution < 1.29 is 19.1 Å². The second-order valence-electron chi connectivity index (χ2n) is 7.32. The minimum Gasteiger partial charge on any atom is -0.448 e. The van der Waals surface area contributed by atoms with Crippen molar-refractivity contribution in [2.75, 3.05) is 17.3 Å². The van der Waals surface area contributed by atoms with Crippen LogP contribution in [0, 0.1) is 11.3 Å². The zero-order valence-electron chi connectivity index (χ0n) is 17.5. The van der Waals surface area contributed by atoms with Gasteiger partial charge in [-0.2, -0.15) is 5.26 Å². The SMILES string of the molecule is N#CCSCC(=O)NC1C(=O)N2C(C(=O)OC(c3ccccc3)c3ccccc3)=CCS[C@H]12. The third-order valence-electron chi connectivity index (χ3n) is 5.20. The topological polar surface area (TPSA) is 99.5 Å². The smallest absolute Gasteiger partial charge is 0.355 e. The van der Waals surface area contributed by atoms with E-state index >= 15 is 0 Å². The van der Waals surface area contributed by atoms with Gasteiger partial charge in [0.2, 0.25) is 5.91 Å². The minimum atomic E-state index is -0.694. The van der Waals surface area contributed by atoms with Crippen molar-refractivity contribution in [1.82, 2.24) is 10.2 Å². The summed E-state index contributed by atoms with van der Waals surface area (Å²) < 4.78 is 5.91. The van der Waals surface area contributed by atoms with E-state index in [9.17, 15) is 14.4 Å². The summed E-state index contributed by atoms with van der Waals surface area (Å²) in [6, 6.07) is 20.2. The molecule has 1 fully saturated rings. The quantitative estimate of drug-likeness (QED) is 0.353. The molecule has 2 heterocycles. The maximum absolute atomic E-state index is 13.2. The molecule has 0 aliphatic carbocycles. The molecule has 2 aromatic rings. The van der Waals surface area contributed by atoms with Crippen molar-refractivity contribution in [2.45, 2.75) is 17.5 Å². The molecule has 0 spiro atoms. The van der Waals surface area contributed by atoms with Gasteiger partial charge in [0.15, 0.2) is 6.10 Å². The summed E-state index contributed by atoms with van der Waals surface area (Å²) in [7, 11) is 0. The first-order valence-electron chi connectivity index (χ1n) is 10.3. The Morgan fingerprint density at radius 2 is 1.79 bits per heavy atom. The molecule has 1 N–H and O–H groups in total. The Balaban J connectivity index is 1.46. The van der Waals surface area contributed by atoms with Crippen molar-refractivity contribution in [3.05, 3.63) is 83.6 Å². The molecule has 168 valence electrons. The number of benzene rings is 2. The van der Waals surface area contributed by atoms with E-state index in [2.05, 4.69) is 5.32 Å². The number of nitrogens with zero attached hydrogens (tertiary/aromatic N) is 2. The van der Waals surface area contributed by atoms with Gasteiger partial charge >= 0.3 is 5.97 Å². The molecule has 1 saturated heterocycles. The summed E-state index contributed by atoms with van der Waals surface area (Å²) >= 11 is 2.66. The van der Waals surface area contributed by atoms with Gasteiger partial charge in [0.1, 0.15) is 17.1 Å². The largest absolute Gasteiger partial charge is 0.448 e. The first-order valence-corrected chi connectivity index (χ1v) is 12.5. The molecule has 2 aliphatic heterocycles. The average molecular weight is 480 g/mol. The van der Waals surface area contributed by atoms with Crippen LogP contribution in [-0.4, -0.2) is 51.4 Å². The monoisotopic (exact) mass is 479 g/mol. The maximum Gasteiger partial charge on any atom is 0.355 e. The Bertz CT molecular complexity index is 1060. The van der Waals surface area contributed by atoms with Gasteiger partial charge in [0.25, 0.3) is 5.91 Å². The lowest BCUT2D eigenvalue weighted by Gasteiger charge is -2.48. The second kappa shape index (κ2) is 10.6. The van der Waals surface area contributed by atoms with Crippen molar-refractivity contribution in [3.8, 4) is 6.07 Å². The Labute approximate surface area is 200 Å². The minimum absolute atomic E-state index is 0.106. The number of β-lactam (4-membered cyclic amide) rings is 1. The third-order valence-corrected chi connectivity index (χ3v) is 7.18. The number of nitriles is 1. The molecule has 2 aliphatic rings. The highest BCUT2D eigenvalue weighted by molar-refractivity contribution is 8.00. The summed E-state index contributed by atoms with van der Waals surface area (Å²) in [4.78, 5) is 39.5. The Morgan fingerprint density at radius 1 is 1.15 bits per heavy atom. The lowest BCUT2D eigenvalue weighted by molar-refractivity contribution is -0.154. The number of fused-ring (bicyclic) bond motifs is 1. The summed E-state index contributed by atoms with van der Waals surface area (Å²) in [6.07, 6.45) is 1.08. The Morgan fingerprint density at radius 3 is 2.39 bits per heavy atom. The molecule has 2 atom stereocenters. The average Bonchev–Trinajstić information content (AvgIpc) is 2.86. The van der Waals surface area contributed by atoms with Gasteiger partial charge in [-0.15, -0.1) is 23.5 Å². The molecule has 0 bridgehead atoms. The third kappa shape index (κ3) is 5.07. The zero-order valence-corrected chi connectivity index (χ0v) is 19.2. The summed E-state index contributed by atoms with van der Waals surface area (Å²) in [5.41, 5.74) is 1.86. The van der Waals surface area contributed by atoms with Gasteiger partial charge in [0, 0.05) is 5.75 Å². The van der Waals surface area contributed by atoms with E-state index in [1.165, 1.54) is 28.4 Å². The summed E-state index contributed by atoms with van der Waals surface area (Å²) in [5.74, 6) is -0.393. The van der Waals surface area contributed by atoms with Crippen LogP contribution in [0.1, 0.15) is 17.2 Å². The Kier molecular flexibility index (Phi) is 7.37. The standard InChI is InChI=1S/C24H21N3O4S2/c25-12-14-32-15-19(28)26-20-22(29)27-18(11-13-33-23(20)27)24(30)31-21(16-7-3-1-4-8-16)17-9-5-2-6-10-17/h1-11,20-21,23H,13-15H2,(H,26,28)/t20?,23-/m1/s1. The van der Waals surface area contributed by atoms with E-state index in [-0.39, 0.29) is 34.4 Å². The molecule has 0 saturated carbocycles. The van der Waals surface area contributed by atoms with E-state index in [0.717, 1.165) is 11.1 Å². The molecule has 2 amide bonds. The molecule has 0 aromatic heterocycles. The van der Waals surface area contributed by atoms with Crippen molar-refractivity contribution >= 4 is 41.3 Å². The first-order chi connectivity index (χ1) is 16.1. The predicted octanol–water partition coefficient (Wildman–Crippen LogP) is 2.86. The normalized spacial score (nSPS) is 19.1. The van der Waals surface area contributed by atoms with Crippen LogP contribution < -0.4 is 5.32 Å². The number of carbonyl (C=O) groups is 3. The number of thioether (sulfide) groups is 2. The van der Waals surface area contributed by atoms with Crippen LogP contribution in [0.3, 0.4) is 0 Å². The van der Waals surface area contributed by atoms with Crippen molar-refractivity contribution in [3.63, 3.8) is 0 Å². The van der Waals surface area contributed by atoms with Crippen LogP contribution in [0.2, 0.25) is 0 Å². The number of hydrogen-bond acceptors (Lipinski definition) is 7. The van der Waals surface area contributed by atoms with Crippen LogP contribution in [0.25, 0.3) is 0 Å². The van der Waals surface area contributed by atoms with Gasteiger partial charge in [0.05, 0.1) is 17.6 Å². The first kappa shape index (κ1) is 23.0. The lowest BCUT2D eigenvalue weighted by Crippen LogP contribution is -2.70. The number of ether oxygens (including phenoxy) is 1. The number of carbonyl (C=O) groups excluding carboxylic acids is 3. The fourth-order valence-corrected chi connectivity index (χ4v) is 5.34. The molecular weight excluding hydrogens is 458 g/mol. The van der Waals surface area contributed by atoms with Gasteiger partial charge in [-0.05, 0) is 17.2 Å². The number of hydrogen-bond donors (Lipinski definition) is 1. The van der Waals surface area contributed by atoms with E-state index in [0.29, 0.717) is 5.75 Å². The van der Waals surface area contributed by atoms with Crippen molar-refractivity contribution in [1.29, 1.82) is 5.26 Å². The predicted molar refractivity (Wildman–Crippen MR) is 127 cm³/mol. The highest BCUT2D eigenvalue weighted by Crippen LogP contribution is 2.39. The summed E-state index contributed by atoms with van der Waals surface area (Å²) in [6.45, 7) is 0. The zero-order chi connectivity index (χ0) is 23.2. The van der Waals surface area contributed by atoms with Crippen LogP contribution in [0.4, 0.5) is 0 Å².